The first-order chi connectivity index (χ1) is 12.3. The van der Waals surface area contributed by atoms with Crippen molar-refractivity contribution in [3.05, 3.63) is 35.5 Å². The molecule has 1 aliphatic carbocycles. The van der Waals surface area contributed by atoms with Crippen LogP contribution in [-0.4, -0.2) is 42.5 Å². The molecule has 2 heterocycles. The van der Waals surface area contributed by atoms with E-state index < -0.39 is 0 Å². The molecule has 2 aliphatic rings. The first-order valence-corrected chi connectivity index (χ1v) is 9.78. The monoisotopic (exact) mass is 466 g/mol. The molecule has 0 spiro atoms. The lowest BCUT2D eigenvalue weighted by molar-refractivity contribution is 0.299. The summed E-state index contributed by atoms with van der Waals surface area (Å²) in [6, 6.07) is 8.59. The molecule has 2 unspecified atom stereocenters. The highest BCUT2D eigenvalue weighted by Gasteiger charge is 2.35. The average Bonchev–Trinajstić information content (AvgIpc) is 3.19. The van der Waals surface area contributed by atoms with Crippen LogP contribution in [0.5, 0.6) is 0 Å². The van der Waals surface area contributed by atoms with Crippen LogP contribution in [0.2, 0.25) is 0 Å². The summed E-state index contributed by atoms with van der Waals surface area (Å²) < 4.78 is 0. The lowest BCUT2D eigenvalue weighted by Crippen LogP contribution is -2.41. The van der Waals surface area contributed by atoms with E-state index in [0.717, 1.165) is 30.8 Å². The number of rotatable bonds is 3. The number of benzene rings is 1. The maximum absolute atomic E-state index is 4.56. The van der Waals surface area contributed by atoms with Crippen molar-refractivity contribution in [3.8, 4) is 0 Å². The van der Waals surface area contributed by atoms with Gasteiger partial charge in [0.2, 0.25) is 0 Å². The number of aryl methyl sites for hydroxylation is 1. The van der Waals surface area contributed by atoms with Crippen molar-refractivity contribution in [3.63, 3.8) is 0 Å². The number of likely N-dealkylation sites (tertiary alicyclic amines) is 1. The predicted octanol–water partition coefficient (Wildman–Crippen LogP) is 4.33. The molecule has 2 atom stereocenters. The minimum Gasteiger partial charge on any atom is -0.358 e. The fourth-order valence-corrected chi connectivity index (χ4v) is 4.87. The number of halogens is 1. The van der Waals surface area contributed by atoms with Crippen LogP contribution in [0, 0.1) is 18.8 Å². The minimum atomic E-state index is 0. The van der Waals surface area contributed by atoms with E-state index in [4.69, 9.17) is 0 Å². The van der Waals surface area contributed by atoms with E-state index in [9.17, 15) is 0 Å². The third-order valence-electron chi connectivity index (χ3n) is 6.17. The molecule has 2 N–H and O–H groups in total. The van der Waals surface area contributed by atoms with E-state index >= 15 is 0 Å². The van der Waals surface area contributed by atoms with Crippen LogP contribution in [-0.2, 0) is 6.42 Å². The summed E-state index contributed by atoms with van der Waals surface area (Å²) in [7, 11) is 1.92. The van der Waals surface area contributed by atoms with Crippen molar-refractivity contribution in [2.75, 3.05) is 26.7 Å². The van der Waals surface area contributed by atoms with Crippen molar-refractivity contribution in [2.45, 2.75) is 39.0 Å². The number of aromatic amines is 1. The topological polar surface area (TPSA) is 43.4 Å². The molecular formula is C21H31IN4. The summed E-state index contributed by atoms with van der Waals surface area (Å²) >= 11 is 0. The van der Waals surface area contributed by atoms with Gasteiger partial charge in [0.25, 0.3) is 0 Å². The van der Waals surface area contributed by atoms with Gasteiger partial charge in [-0.1, -0.05) is 31.0 Å². The molecule has 2 aromatic rings. The van der Waals surface area contributed by atoms with Gasteiger partial charge in [0, 0.05) is 43.3 Å². The van der Waals surface area contributed by atoms with Gasteiger partial charge in [-0.15, -0.1) is 24.0 Å². The second-order valence-corrected chi connectivity index (χ2v) is 7.71. The maximum atomic E-state index is 4.56. The summed E-state index contributed by atoms with van der Waals surface area (Å²) in [4.78, 5) is 10.5. The summed E-state index contributed by atoms with van der Waals surface area (Å²) in [5.74, 6) is 2.87. The van der Waals surface area contributed by atoms with Crippen LogP contribution in [0.15, 0.2) is 29.3 Å². The highest BCUT2D eigenvalue weighted by Crippen LogP contribution is 2.35. The Labute approximate surface area is 173 Å². The van der Waals surface area contributed by atoms with Gasteiger partial charge in [-0.25, -0.2) is 0 Å². The zero-order chi connectivity index (χ0) is 17.2. The number of nitrogens with one attached hydrogen (secondary N) is 2. The van der Waals surface area contributed by atoms with Crippen LogP contribution in [0.25, 0.3) is 10.9 Å². The summed E-state index contributed by atoms with van der Waals surface area (Å²) in [5.41, 5.74) is 3.95. The Kier molecular flexibility index (Phi) is 6.48. The van der Waals surface area contributed by atoms with Crippen LogP contribution in [0.4, 0.5) is 0 Å². The Morgan fingerprint density at radius 1 is 1.19 bits per heavy atom. The molecule has 4 nitrogen and oxygen atoms in total. The lowest BCUT2D eigenvalue weighted by Gasteiger charge is -2.22. The van der Waals surface area contributed by atoms with E-state index in [0.29, 0.717) is 0 Å². The van der Waals surface area contributed by atoms with E-state index in [2.05, 4.69) is 51.4 Å². The molecule has 0 bridgehead atoms. The highest BCUT2D eigenvalue weighted by atomic mass is 127. The Morgan fingerprint density at radius 3 is 2.58 bits per heavy atom. The Morgan fingerprint density at radius 2 is 1.88 bits per heavy atom. The summed E-state index contributed by atoms with van der Waals surface area (Å²) in [6.07, 6.45) is 6.68. The standard InChI is InChI=1S/C21H30N4.HI/c1-15-18(19-9-5-6-10-20(19)24-15)11-12-23-21(22-2)25-13-16-7-3-4-8-17(16)14-25;/h5-6,9-10,16-17,24H,3-4,7-8,11-14H2,1-2H3,(H,22,23);1H. The van der Waals surface area contributed by atoms with Gasteiger partial charge in [-0.3, -0.25) is 4.99 Å². The molecule has 1 aromatic carbocycles. The van der Waals surface area contributed by atoms with Crippen LogP contribution in [0.1, 0.15) is 36.9 Å². The zero-order valence-corrected chi connectivity index (χ0v) is 18.3. The second kappa shape index (κ2) is 8.63. The average molecular weight is 466 g/mol. The predicted molar refractivity (Wildman–Crippen MR) is 121 cm³/mol. The number of nitrogens with zero attached hydrogens (tertiary/aromatic N) is 2. The van der Waals surface area contributed by atoms with E-state index in [1.165, 1.54) is 60.9 Å². The van der Waals surface area contributed by atoms with Crippen molar-refractivity contribution < 1.29 is 0 Å². The van der Waals surface area contributed by atoms with Crippen molar-refractivity contribution in [1.82, 2.24) is 15.2 Å². The molecule has 1 aliphatic heterocycles. The molecule has 0 radical (unpaired) electrons. The minimum absolute atomic E-state index is 0. The normalized spacial score (nSPS) is 23.0. The SMILES string of the molecule is CN=C(NCCc1c(C)[nH]c2ccccc12)N1CC2CCCCC2C1.I. The molecule has 1 saturated heterocycles. The Balaban J connectivity index is 0.00000196. The van der Waals surface area contributed by atoms with Crippen molar-refractivity contribution in [1.29, 1.82) is 0 Å². The summed E-state index contributed by atoms with van der Waals surface area (Å²) in [5, 5.41) is 4.96. The number of hydrogen-bond acceptors (Lipinski definition) is 1. The van der Waals surface area contributed by atoms with Gasteiger partial charge >= 0.3 is 0 Å². The first kappa shape index (κ1) is 19.5. The number of hydrogen-bond donors (Lipinski definition) is 2. The fourth-order valence-electron chi connectivity index (χ4n) is 4.87. The van der Waals surface area contributed by atoms with E-state index in [1.54, 1.807) is 0 Å². The van der Waals surface area contributed by atoms with Gasteiger partial charge in [-0.05, 0) is 49.7 Å². The van der Waals surface area contributed by atoms with Crippen molar-refractivity contribution in [2.24, 2.45) is 16.8 Å². The second-order valence-electron chi connectivity index (χ2n) is 7.71. The van der Waals surface area contributed by atoms with E-state index in [1.807, 2.05) is 7.05 Å². The zero-order valence-electron chi connectivity index (χ0n) is 15.9. The number of H-pyrrole nitrogens is 1. The molecule has 1 aromatic heterocycles. The van der Waals surface area contributed by atoms with Crippen LogP contribution < -0.4 is 5.32 Å². The van der Waals surface area contributed by atoms with Gasteiger partial charge < -0.3 is 15.2 Å². The van der Waals surface area contributed by atoms with Gasteiger partial charge in [0.1, 0.15) is 0 Å². The van der Waals surface area contributed by atoms with Crippen LogP contribution >= 0.6 is 24.0 Å². The highest BCUT2D eigenvalue weighted by molar-refractivity contribution is 14.0. The lowest BCUT2D eigenvalue weighted by atomic mass is 9.82. The Hall–Kier alpha value is -1.24. The molecule has 26 heavy (non-hydrogen) atoms. The molecule has 0 amide bonds. The maximum Gasteiger partial charge on any atom is 0.193 e. The summed E-state index contributed by atoms with van der Waals surface area (Å²) in [6.45, 7) is 5.49. The van der Waals surface area contributed by atoms with Crippen LogP contribution in [0.3, 0.4) is 0 Å². The third-order valence-corrected chi connectivity index (χ3v) is 6.17. The smallest absolute Gasteiger partial charge is 0.193 e. The first-order valence-electron chi connectivity index (χ1n) is 9.78. The number of guanidine groups is 1. The third kappa shape index (κ3) is 3.87. The number of aliphatic imine (C=N–C) groups is 1. The van der Waals surface area contributed by atoms with Gasteiger partial charge in [0.05, 0.1) is 0 Å². The number of aromatic nitrogens is 1. The largest absolute Gasteiger partial charge is 0.358 e. The number of fused-ring (bicyclic) bond motifs is 2. The number of para-hydroxylation sites is 1. The molecule has 4 rings (SSSR count). The molecule has 1 saturated carbocycles. The quantitative estimate of drug-likeness (QED) is 0.402. The molecular weight excluding hydrogens is 435 g/mol. The molecule has 2 fully saturated rings. The molecule has 5 heteroatoms. The van der Waals surface area contributed by atoms with Gasteiger partial charge in [0.15, 0.2) is 5.96 Å². The molecule has 142 valence electrons. The van der Waals surface area contributed by atoms with Crippen molar-refractivity contribution >= 4 is 40.8 Å². The van der Waals surface area contributed by atoms with E-state index in [-0.39, 0.29) is 24.0 Å². The fraction of sp³-hybridized carbons (Fsp3) is 0.571. The van der Waals surface area contributed by atoms with Gasteiger partial charge in [-0.2, -0.15) is 0 Å². The Bertz CT molecular complexity index is 752.